The number of sulfone groups is 1. The normalized spacial score (nSPS) is 16.5. The molecule has 1 N–H and O–H groups in total. The number of hydrogen-bond donors (Lipinski definition) is 1. The van der Waals surface area contributed by atoms with E-state index >= 15 is 0 Å². The number of amides is 2. The van der Waals surface area contributed by atoms with Crippen LogP contribution in [0.1, 0.15) is 28.6 Å². The molecule has 1 saturated heterocycles. The number of carbonyl (C=O) groups excluding carboxylic acids is 2. The highest BCUT2D eigenvalue weighted by atomic mass is 35.5. The number of halogens is 1. The maximum atomic E-state index is 12.5. The van der Waals surface area contributed by atoms with Gasteiger partial charge >= 0.3 is 6.01 Å². The van der Waals surface area contributed by atoms with Gasteiger partial charge in [-0.3, -0.25) is 14.9 Å². The Bertz CT molecular complexity index is 1240. The summed E-state index contributed by atoms with van der Waals surface area (Å²) >= 11 is 5.82. The van der Waals surface area contributed by atoms with Gasteiger partial charge < -0.3 is 9.32 Å². The first-order valence-corrected chi connectivity index (χ1v) is 11.5. The molecule has 0 saturated carbocycles. The van der Waals surface area contributed by atoms with E-state index in [0.29, 0.717) is 22.8 Å². The van der Waals surface area contributed by atoms with E-state index in [1.54, 1.807) is 36.4 Å². The molecule has 4 rings (SSSR count). The summed E-state index contributed by atoms with van der Waals surface area (Å²) in [5.74, 6) is -0.699. The average Bonchev–Trinajstić information content (AvgIpc) is 3.34. The van der Waals surface area contributed by atoms with E-state index < -0.39 is 15.7 Å². The molecule has 0 spiro atoms. The molecule has 0 bridgehead atoms. The van der Waals surface area contributed by atoms with Crippen molar-refractivity contribution in [3.8, 4) is 0 Å². The van der Waals surface area contributed by atoms with Gasteiger partial charge in [0.05, 0.1) is 10.8 Å². The van der Waals surface area contributed by atoms with Gasteiger partial charge in [0.1, 0.15) is 0 Å². The number of anilines is 2. The van der Waals surface area contributed by atoms with Crippen LogP contribution in [0.3, 0.4) is 0 Å². The maximum Gasteiger partial charge on any atom is 0.322 e. The molecule has 1 fully saturated rings. The number of carbonyl (C=O) groups is 2. The molecule has 160 valence electrons. The Hall–Kier alpha value is -3.24. The molecule has 11 heteroatoms. The zero-order valence-corrected chi connectivity index (χ0v) is 17.9. The summed E-state index contributed by atoms with van der Waals surface area (Å²) < 4.78 is 28.8. The molecule has 0 radical (unpaired) electrons. The van der Waals surface area contributed by atoms with E-state index in [0.717, 1.165) is 6.26 Å². The van der Waals surface area contributed by atoms with E-state index in [2.05, 4.69) is 15.5 Å². The van der Waals surface area contributed by atoms with Gasteiger partial charge in [0.15, 0.2) is 9.84 Å². The van der Waals surface area contributed by atoms with Crippen LogP contribution in [-0.2, 0) is 14.6 Å². The van der Waals surface area contributed by atoms with Crippen molar-refractivity contribution in [2.45, 2.75) is 17.2 Å². The minimum Gasteiger partial charge on any atom is -0.407 e. The van der Waals surface area contributed by atoms with Gasteiger partial charge in [-0.1, -0.05) is 16.7 Å². The summed E-state index contributed by atoms with van der Waals surface area (Å²) in [6.45, 7) is 0.295. The first-order chi connectivity index (χ1) is 14.7. The van der Waals surface area contributed by atoms with Crippen LogP contribution in [0.4, 0.5) is 11.7 Å². The lowest BCUT2D eigenvalue weighted by molar-refractivity contribution is -0.117. The highest BCUT2D eigenvalue weighted by molar-refractivity contribution is 7.90. The maximum absolute atomic E-state index is 12.5. The molecule has 1 atom stereocenters. The standard InChI is InChI=1S/C20H17ClN4O5S/c1-31(28,29)16-8-6-15(7-9-16)25-11-13(10-17(25)26)19-23-24-20(30-19)22-18(27)12-2-4-14(21)5-3-12/h2-9,13H,10-11H2,1H3,(H,22,24,27). The highest BCUT2D eigenvalue weighted by Crippen LogP contribution is 2.32. The van der Waals surface area contributed by atoms with E-state index in [4.69, 9.17) is 16.0 Å². The van der Waals surface area contributed by atoms with Gasteiger partial charge in [-0.05, 0) is 48.5 Å². The van der Waals surface area contributed by atoms with Crippen LogP contribution in [0, 0.1) is 0 Å². The van der Waals surface area contributed by atoms with E-state index in [1.807, 2.05) is 0 Å². The molecule has 1 aliphatic heterocycles. The second kappa shape index (κ2) is 8.12. The molecule has 9 nitrogen and oxygen atoms in total. The third-order valence-electron chi connectivity index (χ3n) is 4.82. The Morgan fingerprint density at radius 1 is 1.13 bits per heavy atom. The minimum atomic E-state index is -3.32. The first kappa shape index (κ1) is 21.0. The average molecular weight is 461 g/mol. The van der Waals surface area contributed by atoms with Crippen LogP contribution >= 0.6 is 11.6 Å². The lowest BCUT2D eigenvalue weighted by atomic mass is 10.1. The molecule has 1 aliphatic rings. The molecule has 2 amide bonds. The van der Waals surface area contributed by atoms with Crippen molar-refractivity contribution in [1.82, 2.24) is 10.2 Å². The van der Waals surface area contributed by atoms with Crippen LogP contribution in [0.15, 0.2) is 57.8 Å². The number of rotatable bonds is 5. The molecule has 3 aromatic rings. The topological polar surface area (TPSA) is 122 Å². The van der Waals surface area contributed by atoms with Gasteiger partial charge in [0.25, 0.3) is 5.91 Å². The summed E-state index contributed by atoms with van der Waals surface area (Å²) in [5.41, 5.74) is 0.958. The molecule has 0 aliphatic carbocycles. The molecular formula is C20H17ClN4O5S. The zero-order chi connectivity index (χ0) is 22.2. The summed E-state index contributed by atoms with van der Waals surface area (Å²) in [5, 5.41) is 10.8. The van der Waals surface area contributed by atoms with Crippen LogP contribution < -0.4 is 10.2 Å². The Labute approximate surface area is 182 Å². The number of aromatic nitrogens is 2. The summed E-state index contributed by atoms with van der Waals surface area (Å²) in [6.07, 6.45) is 1.28. The second-order valence-corrected chi connectivity index (χ2v) is 9.53. The fourth-order valence-corrected chi connectivity index (χ4v) is 3.97. The van der Waals surface area contributed by atoms with Crippen LogP contribution in [0.2, 0.25) is 5.02 Å². The Balaban J connectivity index is 1.44. The molecule has 2 aromatic carbocycles. The van der Waals surface area contributed by atoms with E-state index in [1.165, 1.54) is 17.0 Å². The summed E-state index contributed by atoms with van der Waals surface area (Å²) in [7, 11) is -3.32. The fraction of sp³-hybridized carbons (Fsp3) is 0.200. The fourth-order valence-electron chi connectivity index (χ4n) is 3.22. The summed E-state index contributed by atoms with van der Waals surface area (Å²) in [4.78, 5) is 26.4. The third kappa shape index (κ3) is 4.59. The van der Waals surface area contributed by atoms with Gasteiger partial charge in [-0.2, -0.15) is 0 Å². The quantitative estimate of drug-likeness (QED) is 0.621. The molecular weight excluding hydrogens is 444 g/mol. The van der Waals surface area contributed by atoms with Gasteiger partial charge in [0, 0.05) is 35.5 Å². The largest absolute Gasteiger partial charge is 0.407 e. The summed E-state index contributed by atoms with van der Waals surface area (Å²) in [6, 6.07) is 12.3. The number of nitrogens with one attached hydrogen (secondary N) is 1. The van der Waals surface area contributed by atoms with Gasteiger partial charge in [0.2, 0.25) is 11.8 Å². The smallest absolute Gasteiger partial charge is 0.322 e. The Kier molecular flexibility index (Phi) is 5.50. The van der Waals surface area contributed by atoms with Gasteiger partial charge in [-0.15, -0.1) is 5.10 Å². The number of nitrogens with zero attached hydrogens (tertiary/aromatic N) is 3. The third-order valence-corrected chi connectivity index (χ3v) is 6.20. The van der Waals surface area contributed by atoms with Crippen molar-refractivity contribution in [2.75, 3.05) is 23.0 Å². The first-order valence-electron chi connectivity index (χ1n) is 9.21. The Morgan fingerprint density at radius 2 is 1.81 bits per heavy atom. The Morgan fingerprint density at radius 3 is 2.45 bits per heavy atom. The van der Waals surface area contributed by atoms with Crippen molar-refractivity contribution in [1.29, 1.82) is 0 Å². The predicted octanol–water partition coefficient (Wildman–Crippen LogP) is 2.90. The van der Waals surface area contributed by atoms with Crippen molar-refractivity contribution >= 4 is 45.0 Å². The van der Waals surface area contributed by atoms with Crippen molar-refractivity contribution in [3.05, 3.63) is 65.0 Å². The highest BCUT2D eigenvalue weighted by Gasteiger charge is 2.35. The van der Waals surface area contributed by atoms with Crippen molar-refractivity contribution in [2.24, 2.45) is 0 Å². The van der Waals surface area contributed by atoms with Crippen LogP contribution in [-0.4, -0.2) is 43.2 Å². The SMILES string of the molecule is CS(=O)(=O)c1ccc(N2CC(c3nnc(NC(=O)c4ccc(Cl)cc4)o3)CC2=O)cc1. The zero-order valence-electron chi connectivity index (χ0n) is 16.3. The van der Waals surface area contributed by atoms with Crippen LogP contribution in [0.25, 0.3) is 0 Å². The minimum absolute atomic E-state index is 0.0710. The lowest BCUT2D eigenvalue weighted by Gasteiger charge is -2.16. The molecule has 1 unspecified atom stereocenters. The van der Waals surface area contributed by atoms with Gasteiger partial charge in [-0.25, -0.2) is 8.42 Å². The van der Waals surface area contributed by atoms with Crippen LogP contribution in [0.5, 0.6) is 0 Å². The molecule has 1 aromatic heterocycles. The number of benzene rings is 2. The second-order valence-electron chi connectivity index (χ2n) is 7.08. The van der Waals surface area contributed by atoms with E-state index in [-0.39, 0.29) is 35.0 Å². The number of hydrogen-bond acceptors (Lipinski definition) is 7. The van der Waals surface area contributed by atoms with Crippen molar-refractivity contribution in [3.63, 3.8) is 0 Å². The van der Waals surface area contributed by atoms with Crippen molar-refractivity contribution < 1.29 is 22.4 Å². The molecule has 2 heterocycles. The monoisotopic (exact) mass is 460 g/mol. The predicted molar refractivity (Wildman–Crippen MR) is 113 cm³/mol. The van der Waals surface area contributed by atoms with E-state index in [9.17, 15) is 18.0 Å². The molecule has 31 heavy (non-hydrogen) atoms. The lowest BCUT2D eigenvalue weighted by Crippen LogP contribution is -2.24.